The number of benzene rings is 1. The Hall–Kier alpha value is -1.22. The maximum absolute atomic E-state index is 5.71. The first-order chi connectivity index (χ1) is 8.95. The fraction of sp³-hybridized carbons (Fsp3) is 0.375. The number of ether oxygens (including phenoxy) is 1. The van der Waals surface area contributed by atoms with Crippen molar-refractivity contribution in [1.82, 2.24) is 0 Å². The Morgan fingerprint density at radius 3 is 2.26 bits per heavy atom. The van der Waals surface area contributed by atoms with Crippen molar-refractivity contribution >= 4 is 15.9 Å². The molecule has 19 heavy (non-hydrogen) atoms. The van der Waals surface area contributed by atoms with E-state index in [0.29, 0.717) is 0 Å². The molecule has 2 rings (SSSR count). The van der Waals surface area contributed by atoms with E-state index in [0.717, 1.165) is 22.8 Å². The first kappa shape index (κ1) is 14.2. The van der Waals surface area contributed by atoms with E-state index in [9.17, 15) is 0 Å². The standard InChI is InChI=1S/C16H19BrO2/c1-9-8-13(6-7-14(9)18-5)16(17)15-10(2)11(3)19-12(15)4/h6-8,16H,1-5H3. The highest BCUT2D eigenvalue weighted by Gasteiger charge is 2.20. The molecule has 3 heteroatoms. The molecule has 0 N–H and O–H groups in total. The molecule has 0 spiro atoms. The molecule has 1 atom stereocenters. The highest BCUT2D eigenvalue weighted by atomic mass is 79.9. The monoisotopic (exact) mass is 322 g/mol. The minimum Gasteiger partial charge on any atom is -0.496 e. The number of methoxy groups -OCH3 is 1. The summed E-state index contributed by atoms with van der Waals surface area (Å²) in [5, 5.41) is 0. The summed E-state index contributed by atoms with van der Waals surface area (Å²) in [5.74, 6) is 2.88. The molecule has 2 aromatic rings. The summed E-state index contributed by atoms with van der Waals surface area (Å²) in [6.07, 6.45) is 0. The molecule has 1 heterocycles. The van der Waals surface area contributed by atoms with Crippen LogP contribution >= 0.6 is 15.9 Å². The van der Waals surface area contributed by atoms with Gasteiger partial charge in [-0.25, -0.2) is 0 Å². The van der Waals surface area contributed by atoms with Crippen molar-refractivity contribution in [2.75, 3.05) is 7.11 Å². The van der Waals surface area contributed by atoms with Crippen LogP contribution in [0.3, 0.4) is 0 Å². The summed E-state index contributed by atoms with van der Waals surface area (Å²) in [6.45, 7) is 8.18. The van der Waals surface area contributed by atoms with E-state index in [-0.39, 0.29) is 4.83 Å². The van der Waals surface area contributed by atoms with Gasteiger partial charge in [0.1, 0.15) is 17.3 Å². The number of rotatable bonds is 3. The van der Waals surface area contributed by atoms with Gasteiger partial charge in [-0.15, -0.1) is 0 Å². The van der Waals surface area contributed by atoms with Gasteiger partial charge in [0.15, 0.2) is 0 Å². The van der Waals surface area contributed by atoms with Gasteiger partial charge in [0, 0.05) is 5.56 Å². The van der Waals surface area contributed by atoms with Crippen molar-refractivity contribution in [3.63, 3.8) is 0 Å². The molecule has 0 radical (unpaired) electrons. The summed E-state index contributed by atoms with van der Waals surface area (Å²) < 4.78 is 11.0. The fourth-order valence-electron chi connectivity index (χ4n) is 2.41. The molecule has 1 aromatic carbocycles. The summed E-state index contributed by atoms with van der Waals surface area (Å²) >= 11 is 3.79. The molecule has 1 unspecified atom stereocenters. The zero-order valence-corrected chi connectivity index (χ0v) is 13.6. The van der Waals surface area contributed by atoms with E-state index in [1.807, 2.05) is 19.9 Å². The van der Waals surface area contributed by atoms with Crippen LogP contribution in [0, 0.1) is 27.7 Å². The van der Waals surface area contributed by atoms with Crippen molar-refractivity contribution in [3.8, 4) is 5.75 Å². The van der Waals surface area contributed by atoms with Crippen LogP contribution < -0.4 is 4.74 Å². The number of halogens is 1. The highest BCUT2D eigenvalue weighted by Crippen LogP contribution is 2.38. The average molecular weight is 323 g/mol. The number of aryl methyl sites for hydroxylation is 3. The lowest BCUT2D eigenvalue weighted by Gasteiger charge is -2.13. The fourth-order valence-corrected chi connectivity index (χ4v) is 3.36. The smallest absolute Gasteiger partial charge is 0.121 e. The van der Waals surface area contributed by atoms with E-state index in [4.69, 9.17) is 9.15 Å². The maximum Gasteiger partial charge on any atom is 0.121 e. The molecule has 0 saturated carbocycles. The van der Waals surface area contributed by atoms with Gasteiger partial charge in [-0.2, -0.15) is 0 Å². The molecule has 0 amide bonds. The van der Waals surface area contributed by atoms with Gasteiger partial charge >= 0.3 is 0 Å². The zero-order chi connectivity index (χ0) is 14.2. The Balaban J connectivity index is 2.44. The molecule has 0 saturated heterocycles. The van der Waals surface area contributed by atoms with Crippen LogP contribution in [-0.4, -0.2) is 7.11 Å². The van der Waals surface area contributed by atoms with Crippen LogP contribution in [0.5, 0.6) is 5.75 Å². The first-order valence-corrected chi connectivity index (χ1v) is 7.22. The highest BCUT2D eigenvalue weighted by molar-refractivity contribution is 9.09. The minimum atomic E-state index is 0.148. The molecule has 2 nitrogen and oxygen atoms in total. The van der Waals surface area contributed by atoms with Crippen molar-refractivity contribution in [2.24, 2.45) is 0 Å². The number of furan rings is 1. The topological polar surface area (TPSA) is 22.4 Å². The van der Waals surface area contributed by atoms with Gasteiger partial charge in [-0.05, 0) is 50.5 Å². The van der Waals surface area contributed by atoms with Crippen LogP contribution in [0.25, 0.3) is 0 Å². The maximum atomic E-state index is 5.71. The van der Waals surface area contributed by atoms with E-state index < -0.39 is 0 Å². The van der Waals surface area contributed by atoms with E-state index >= 15 is 0 Å². The van der Waals surface area contributed by atoms with Crippen molar-refractivity contribution < 1.29 is 9.15 Å². The predicted molar refractivity (Wildman–Crippen MR) is 81.4 cm³/mol. The Morgan fingerprint density at radius 1 is 1.11 bits per heavy atom. The van der Waals surface area contributed by atoms with Gasteiger partial charge in [0.05, 0.1) is 11.9 Å². The SMILES string of the molecule is COc1ccc(C(Br)c2c(C)oc(C)c2C)cc1C. The lowest BCUT2D eigenvalue weighted by atomic mass is 9.99. The third-order valence-electron chi connectivity index (χ3n) is 3.58. The van der Waals surface area contributed by atoms with E-state index in [1.54, 1.807) is 7.11 Å². The second kappa shape index (κ2) is 5.41. The van der Waals surface area contributed by atoms with Crippen LogP contribution in [0.1, 0.15) is 38.6 Å². The molecule has 0 aliphatic rings. The Labute approximate surface area is 122 Å². The van der Waals surface area contributed by atoms with Crippen molar-refractivity contribution in [2.45, 2.75) is 32.5 Å². The largest absolute Gasteiger partial charge is 0.496 e. The van der Waals surface area contributed by atoms with Crippen LogP contribution in [0.15, 0.2) is 22.6 Å². The van der Waals surface area contributed by atoms with Gasteiger partial charge in [-0.3, -0.25) is 0 Å². The molecular formula is C16H19BrO2. The van der Waals surface area contributed by atoms with E-state index in [1.165, 1.54) is 16.7 Å². The lowest BCUT2D eigenvalue weighted by molar-refractivity contribution is 0.411. The Bertz CT molecular complexity index is 599. The van der Waals surface area contributed by atoms with Crippen LogP contribution in [0.4, 0.5) is 0 Å². The first-order valence-electron chi connectivity index (χ1n) is 6.30. The van der Waals surface area contributed by atoms with Crippen molar-refractivity contribution in [1.29, 1.82) is 0 Å². The third kappa shape index (κ3) is 2.57. The molecule has 0 aliphatic heterocycles. The molecule has 0 fully saturated rings. The summed E-state index contributed by atoms with van der Waals surface area (Å²) in [5.41, 5.74) is 4.79. The summed E-state index contributed by atoms with van der Waals surface area (Å²) in [7, 11) is 1.70. The minimum absolute atomic E-state index is 0.148. The second-order valence-corrected chi connectivity index (χ2v) is 5.76. The molecule has 0 aliphatic carbocycles. The summed E-state index contributed by atoms with van der Waals surface area (Å²) in [6, 6.07) is 6.25. The van der Waals surface area contributed by atoms with Gasteiger partial charge in [0.25, 0.3) is 0 Å². The average Bonchev–Trinajstić information content (AvgIpc) is 2.62. The van der Waals surface area contributed by atoms with Gasteiger partial charge in [0.2, 0.25) is 0 Å². The second-order valence-electron chi connectivity index (χ2n) is 4.84. The number of hydrogen-bond acceptors (Lipinski definition) is 2. The van der Waals surface area contributed by atoms with Gasteiger partial charge in [-0.1, -0.05) is 28.1 Å². The quantitative estimate of drug-likeness (QED) is 0.741. The summed E-state index contributed by atoms with van der Waals surface area (Å²) in [4.78, 5) is 0.148. The molecule has 0 bridgehead atoms. The number of alkyl halides is 1. The third-order valence-corrected chi connectivity index (χ3v) is 4.57. The van der Waals surface area contributed by atoms with Gasteiger partial charge < -0.3 is 9.15 Å². The van der Waals surface area contributed by atoms with Crippen LogP contribution in [0.2, 0.25) is 0 Å². The number of hydrogen-bond donors (Lipinski definition) is 0. The predicted octanol–water partition coefficient (Wildman–Crippen LogP) is 5.01. The normalized spacial score (nSPS) is 12.5. The Kier molecular flexibility index (Phi) is 4.04. The zero-order valence-electron chi connectivity index (χ0n) is 12.0. The van der Waals surface area contributed by atoms with Crippen LogP contribution in [-0.2, 0) is 0 Å². The Morgan fingerprint density at radius 2 is 1.79 bits per heavy atom. The van der Waals surface area contributed by atoms with E-state index in [2.05, 4.69) is 41.9 Å². The van der Waals surface area contributed by atoms with Crippen molar-refractivity contribution in [3.05, 3.63) is 52.0 Å². The molecular weight excluding hydrogens is 304 g/mol. The molecule has 1 aromatic heterocycles. The lowest BCUT2D eigenvalue weighted by Crippen LogP contribution is -1.97. The molecule has 102 valence electrons.